The maximum absolute atomic E-state index is 9.37. The van der Waals surface area contributed by atoms with Gasteiger partial charge in [-0.1, -0.05) is 0 Å². The number of hydrogen-bond donors (Lipinski definition) is 1. The molecule has 0 fully saturated rings. The Kier molecular flexibility index (Phi) is 4.70. The molecule has 0 rings (SSSR count). The zero-order valence-corrected chi connectivity index (χ0v) is 8.92. The van der Waals surface area contributed by atoms with Gasteiger partial charge < -0.3 is 9.84 Å². The number of rotatable bonds is 5. The summed E-state index contributed by atoms with van der Waals surface area (Å²) < 4.78 is 5.19. The highest BCUT2D eigenvalue weighted by Crippen LogP contribution is 2.08. The lowest BCUT2D eigenvalue weighted by Gasteiger charge is -2.16. The Bertz CT molecular complexity index is 197. The van der Waals surface area contributed by atoms with Crippen LogP contribution in [0.3, 0.4) is 0 Å². The third-order valence-electron chi connectivity index (χ3n) is 1.33. The first kappa shape index (κ1) is 12.2. The van der Waals surface area contributed by atoms with Crippen molar-refractivity contribution in [2.45, 2.75) is 39.7 Å². The first-order valence-electron chi connectivity index (χ1n) is 4.37. The van der Waals surface area contributed by atoms with Gasteiger partial charge >= 0.3 is 0 Å². The van der Waals surface area contributed by atoms with E-state index >= 15 is 0 Å². The zero-order valence-electron chi connectivity index (χ0n) is 8.92. The Hall–Kier alpha value is -0.830. The zero-order chi connectivity index (χ0) is 10.5. The Morgan fingerprint density at radius 2 is 2.00 bits per heavy atom. The molecular formula is C10H19NO2. The molecule has 0 aliphatic rings. The molecule has 0 saturated carbocycles. The van der Waals surface area contributed by atoms with Crippen molar-refractivity contribution in [3.05, 3.63) is 12.5 Å². The maximum atomic E-state index is 9.37. The van der Waals surface area contributed by atoms with Gasteiger partial charge in [-0.3, -0.25) is 0 Å². The molecule has 13 heavy (non-hydrogen) atoms. The maximum Gasteiger partial charge on any atom is 0.205 e. The molecule has 1 N–H and O–H groups in total. The van der Waals surface area contributed by atoms with Gasteiger partial charge in [-0.25, -0.2) is 4.99 Å². The van der Waals surface area contributed by atoms with Crippen molar-refractivity contribution in [1.82, 2.24) is 0 Å². The van der Waals surface area contributed by atoms with Crippen LogP contribution >= 0.6 is 0 Å². The van der Waals surface area contributed by atoms with Crippen LogP contribution in [0.1, 0.15) is 34.1 Å². The molecule has 0 aliphatic heterocycles. The number of nitrogens with zero attached hydrogens (tertiary/aromatic N) is 1. The Morgan fingerprint density at radius 1 is 1.46 bits per heavy atom. The second-order valence-corrected chi connectivity index (χ2v) is 3.86. The predicted molar refractivity (Wildman–Crippen MR) is 54.8 cm³/mol. The normalized spacial score (nSPS) is 10.8. The minimum atomic E-state index is -0.689. The van der Waals surface area contributed by atoms with Crippen LogP contribution in [0, 0.1) is 0 Å². The monoisotopic (exact) mass is 185 g/mol. The molecule has 0 atom stereocenters. The third kappa shape index (κ3) is 9.08. The minimum Gasteiger partial charge on any atom is -0.478 e. The van der Waals surface area contributed by atoms with Gasteiger partial charge in [0.05, 0.1) is 12.2 Å². The van der Waals surface area contributed by atoms with Crippen LogP contribution < -0.4 is 0 Å². The van der Waals surface area contributed by atoms with Crippen molar-refractivity contribution < 1.29 is 9.84 Å². The number of hydrogen-bond acceptors (Lipinski definition) is 3. The summed E-state index contributed by atoms with van der Waals surface area (Å²) in [6.07, 6.45) is 0.574. The fourth-order valence-electron chi connectivity index (χ4n) is 0.700. The van der Waals surface area contributed by atoms with Gasteiger partial charge in [0, 0.05) is 12.1 Å². The van der Waals surface area contributed by atoms with Gasteiger partial charge in [-0.15, -0.1) is 0 Å². The second-order valence-electron chi connectivity index (χ2n) is 3.86. The summed E-state index contributed by atoms with van der Waals surface area (Å²) in [5.41, 5.74) is 0.221. The molecule has 0 aromatic heterocycles. The van der Waals surface area contributed by atoms with Crippen LogP contribution in [0.5, 0.6) is 0 Å². The van der Waals surface area contributed by atoms with Crippen LogP contribution in [0.4, 0.5) is 0 Å². The topological polar surface area (TPSA) is 41.8 Å². The Labute approximate surface area is 80.1 Å². The average Bonchev–Trinajstić information content (AvgIpc) is 1.81. The van der Waals surface area contributed by atoms with E-state index in [0.717, 1.165) is 5.71 Å². The highest BCUT2D eigenvalue weighted by Gasteiger charge is 2.11. The van der Waals surface area contributed by atoms with E-state index in [1.54, 1.807) is 13.8 Å². The van der Waals surface area contributed by atoms with Gasteiger partial charge in [0.15, 0.2) is 0 Å². The van der Waals surface area contributed by atoms with Crippen molar-refractivity contribution in [2.24, 2.45) is 4.99 Å². The molecule has 0 aromatic rings. The largest absolute Gasteiger partial charge is 0.478 e. The molecule has 0 bridgehead atoms. The smallest absolute Gasteiger partial charge is 0.205 e. The van der Waals surface area contributed by atoms with Crippen LogP contribution in [-0.4, -0.2) is 23.0 Å². The SMILES string of the molecule is C=C(N=C(C)C)OCCC(C)(C)O. The van der Waals surface area contributed by atoms with E-state index in [2.05, 4.69) is 11.6 Å². The van der Waals surface area contributed by atoms with Gasteiger partial charge in [0.25, 0.3) is 0 Å². The number of aliphatic imine (C=N–C) groups is 1. The average molecular weight is 185 g/mol. The summed E-state index contributed by atoms with van der Waals surface area (Å²) in [7, 11) is 0. The molecule has 0 saturated heterocycles. The van der Waals surface area contributed by atoms with E-state index in [0.29, 0.717) is 18.9 Å². The van der Waals surface area contributed by atoms with Crippen LogP contribution in [-0.2, 0) is 4.74 Å². The molecular weight excluding hydrogens is 166 g/mol. The summed E-state index contributed by atoms with van der Waals surface area (Å²) in [5, 5.41) is 9.37. The number of ether oxygens (including phenoxy) is 1. The molecule has 0 unspecified atom stereocenters. The van der Waals surface area contributed by atoms with E-state index < -0.39 is 5.60 Å². The molecule has 0 spiro atoms. The molecule has 3 heteroatoms. The van der Waals surface area contributed by atoms with E-state index in [4.69, 9.17) is 4.74 Å². The van der Waals surface area contributed by atoms with Crippen molar-refractivity contribution >= 4 is 5.71 Å². The minimum absolute atomic E-state index is 0.407. The first-order chi connectivity index (χ1) is 5.81. The van der Waals surface area contributed by atoms with E-state index in [-0.39, 0.29) is 0 Å². The summed E-state index contributed by atoms with van der Waals surface area (Å²) in [5.74, 6) is 0.407. The van der Waals surface area contributed by atoms with Crippen LogP contribution in [0.15, 0.2) is 17.5 Å². The lowest BCUT2D eigenvalue weighted by Crippen LogP contribution is -2.20. The summed E-state index contributed by atoms with van der Waals surface area (Å²) in [6.45, 7) is 11.3. The molecule has 0 aliphatic carbocycles. The molecule has 0 aromatic carbocycles. The molecule has 3 nitrogen and oxygen atoms in total. The summed E-state index contributed by atoms with van der Waals surface area (Å²) in [4.78, 5) is 4.02. The van der Waals surface area contributed by atoms with Crippen LogP contribution in [0.2, 0.25) is 0 Å². The van der Waals surface area contributed by atoms with Crippen molar-refractivity contribution in [3.63, 3.8) is 0 Å². The van der Waals surface area contributed by atoms with Crippen molar-refractivity contribution in [3.8, 4) is 0 Å². The fraction of sp³-hybridized carbons (Fsp3) is 0.700. The van der Waals surface area contributed by atoms with Gasteiger partial charge in [-0.05, 0) is 34.3 Å². The predicted octanol–water partition coefficient (Wildman–Crippen LogP) is 2.12. The lowest BCUT2D eigenvalue weighted by molar-refractivity contribution is 0.0437. The quantitative estimate of drug-likeness (QED) is 0.526. The number of aliphatic hydroxyl groups is 1. The highest BCUT2D eigenvalue weighted by atomic mass is 16.5. The third-order valence-corrected chi connectivity index (χ3v) is 1.33. The Balaban J connectivity index is 3.67. The van der Waals surface area contributed by atoms with E-state index in [1.165, 1.54) is 0 Å². The summed E-state index contributed by atoms with van der Waals surface area (Å²) >= 11 is 0. The van der Waals surface area contributed by atoms with Gasteiger partial charge in [0.1, 0.15) is 0 Å². The van der Waals surface area contributed by atoms with Gasteiger partial charge in [0.2, 0.25) is 5.88 Å². The molecule has 0 amide bonds. The first-order valence-corrected chi connectivity index (χ1v) is 4.37. The molecule has 76 valence electrons. The standard InChI is InChI=1S/C10H19NO2/c1-8(2)11-9(3)13-7-6-10(4,5)12/h12H,3,6-7H2,1-2,4-5H3. The lowest BCUT2D eigenvalue weighted by atomic mass is 10.1. The van der Waals surface area contributed by atoms with E-state index in [1.807, 2.05) is 13.8 Å². The Morgan fingerprint density at radius 3 is 2.38 bits per heavy atom. The van der Waals surface area contributed by atoms with E-state index in [9.17, 15) is 5.11 Å². The van der Waals surface area contributed by atoms with Crippen molar-refractivity contribution in [2.75, 3.05) is 6.61 Å². The van der Waals surface area contributed by atoms with Crippen molar-refractivity contribution in [1.29, 1.82) is 0 Å². The molecule has 0 radical (unpaired) electrons. The second kappa shape index (κ2) is 5.02. The summed E-state index contributed by atoms with van der Waals surface area (Å²) in [6, 6.07) is 0. The molecule has 0 heterocycles. The highest BCUT2D eigenvalue weighted by molar-refractivity contribution is 5.79. The fourth-order valence-corrected chi connectivity index (χ4v) is 0.700. The van der Waals surface area contributed by atoms with Gasteiger partial charge in [-0.2, -0.15) is 0 Å². The van der Waals surface area contributed by atoms with Crippen LogP contribution in [0.25, 0.3) is 0 Å².